The van der Waals surface area contributed by atoms with Crippen molar-refractivity contribution in [3.05, 3.63) is 30.2 Å². The third kappa shape index (κ3) is 3.67. The molecule has 19 heavy (non-hydrogen) atoms. The molecule has 0 bridgehead atoms. The van der Waals surface area contributed by atoms with Gasteiger partial charge in [0.25, 0.3) is 0 Å². The lowest BCUT2D eigenvalue weighted by Crippen LogP contribution is -2.23. The van der Waals surface area contributed by atoms with Crippen LogP contribution in [0.25, 0.3) is 0 Å². The molecule has 0 amide bonds. The van der Waals surface area contributed by atoms with Crippen LogP contribution in [0.3, 0.4) is 0 Å². The van der Waals surface area contributed by atoms with Gasteiger partial charge in [-0.15, -0.1) is 0 Å². The summed E-state index contributed by atoms with van der Waals surface area (Å²) >= 11 is 0. The highest BCUT2D eigenvalue weighted by Gasteiger charge is 2.08. The van der Waals surface area contributed by atoms with Gasteiger partial charge in [0.15, 0.2) is 0 Å². The number of hydrogen-bond acceptors (Lipinski definition) is 5. The minimum absolute atomic E-state index is 0.239. The lowest BCUT2D eigenvalue weighted by Gasteiger charge is -2.16. The van der Waals surface area contributed by atoms with Crippen LogP contribution in [-0.2, 0) is 6.54 Å². The summed E-state index contributed by atoms with van der Waals surface area (Å²) in [7, 11) is 0. The van der Waals surface area contributed by atoms with Crippen LogP contribution in [0.2, 0.25) is 0 Å². The molecule has 0 fully saturated rings. The van der Waals surface area contributed by atoms with Gasteiger partial charge < -0.3 is 10.6 Å². The average molecular weight is 260 g/mol. The van der Waals surface area contributed by atoms with Crippen LogP contribution in [0.15, 0.2) is 24.7 Å². The second-order valence-corrected chi connectivity index (χ2v) is 4.53. The molecule has 1 unspecified atom stereocenters. The fourth-order valence-corrected chi connectivity index (χ4v) is 1.80. The minimum Gasteiger partial charge on any atom is -0.365 e. The van der Waals surface area contributed by atoms with Crippen LogP contribution in [-0.4, -0.2) is 32.3 Å². The third-order valence-electron chi connectivity index (χ3n) is 2.71. The topological polar surface area (TPSA) is 67.7 Å². The Labute approximate surface area is 113 Å². The summed E-state index contributed by atoms with van der Waals surface area (Å²) < 4.78 is 1.90. The summed E-state index contributed by atoms with van der Waals surface area (Å²) in [5, 5.41) is 10.7. The van der Waals surface area contributed by atoms with E-state index in [1.807, 2.05) is 37.0 Å². The maximum Gasteiger partial charge on any atom is 0.224 e. The molecule has 0 aliphatic heterocycles. The monoisotopic (exact) mass is 260 g/mol. The van der Waals surface area contributed by atoms with Gasteiger partial charge in [-0.25, -0.2) is 4.98 Å². The SMILES string of the molecule is CCNc1ncc(C)c(NC(C)Cn2cccn2)n1. The van der Waals surface area contributed by atoms with E-state index in [2.05, 4.69) is 32.6 Å². The second kappa shape index (κ2) is 6.17. The number of aryl methyl sites for hydroxylation is 1. The van der Waals surface area contributed by atoms with E-state index in [9.17, 15) is 0 Å². The molecule has 0 spiro atoms. The molecule has 0 radical (unpaired) electrons. The Morgan fingerprint density at radius 1 is 1.42 bits per heavy atom. The van der Waals surface area contributed by atoms with E-state index in [4.69, 9.17) is 0 Å². The van der Waals surface area contributed by atoms with Gasteiger partial charge in [-0.2, -0.15) is 10.1 Å². The third-order valence-corrected chi connectivity index (χ3v) is 2.71. The van der Waals surface area contributed by atoms with E-state index >= 15 is 0 Å². The predicted molar refractivity (Wildman–Crippen MR) is 76.2 cm³/mol. The molecule has 6 nitrogen and oxygen atoms in total. The van der Waals surface area contributed by atoms with Crippen molar-refractivity contribution in [2.24, 2.45) is 0 Å². The fraction of sp³-hybridized carbons (Fsp3) is 0.462. The largest absolute Gasteiger partial charge is 0.365 e. The number of aromatic nitrogens is 4. The zero-order valence-corrected chi connectivity index (χ0v) is 11.6. The quantitative estimate of drug-likeness (QED) is 0.830. The average Bonchev–Trinajstić information content (AvgIpc) is 2.86. The van der Waals surface area contributed by atoms with Gasteiger partial charge in [-0.1, -0.05) is 0 Å². The smallest absolute Gasteiger partial charge is 0.224 e. The Bertz CT molecular complexity index is 508. The first-order chi connectivity index (χ1) is 9.19. The summed E-state index contributed by atoms with van der Waals surface area (Å²) in [5.74, 6) is 1.52. The molecule has 2 heterocycles. The van der Waals surface area contributed by atoms with Gasteiger partial charge in [-0.3, -0.25) is 4.68 Å². The number of nitrogens with one attached hydrogen (secondary N) is 2. The first-order valence-corrected chi connectivity index (χ1v) is 6.50. The predicted octanol–water partition coefficient (Wildman–Crippen LogP) is 1.91. The molecule has 0 saturated heterocycles. The molecular formula is C13H20N6. The van der Waals surface area contributed by atoms with E-state index in [-0.39, 0.29) is 6.04 Å². The molecule has 0 aromatic carbocycles. The number of hydrogen-bond donors (Lipinski definition) is 2. The van der Waals surface area contributed by atoms with Crippen LogP contribution in [0.1, 0.15) is 19.4 Å². The maximum absolute atomic E-state index is 4.47. The van der Waals surface area contributed by atoms with Gasteiger partial charge in [0.05, 0.1) is 6.54 Å². The maximum atomic E-state index is 4.47. The van der Waals surface area contributed by atoms with E-state index in [1.54, 1.807) is 6.20 Å². The highest BCUT2D eigenvalue weighted by atomic mass is 15.3. The van der Waals surface area contributed by atoms with Gasteiger partial charge in [0.2, 0.25) is 5.95 Å². The van der Waals surface area contributed by atoms with E-state index < -0.39 is 0 Å². The Balaban J connectivity index is 2.02. The molecule has 6 heteroatoms. The molecule has 2 aromatic rings. The van der Waals surface area contributed by atoms with E-state index in [0.717, 1.165) is 24.5 Å². The van der Waals surface area contributed by atoms with Gasteiger partial charge in [-0.05, 0) is 26.8 Å². The summed E-state index contributed by atoms with van der Waals surface area (Å²) in [6, 6.07) is 2.16. The molecule has 2 N–H and O–H groups in total. The van der Waals surface area contributed by atoms with Crippen LogP contribution in [0, 0.1) is 6.92 Å². The Morgan fingerprint density at radius 2 is 2.26 bits per heavy atom. The van der Waals surface area contributed by atoms with Crippen LogP contribution < -0.4 is 10.6 Å². The highest BCUT2D eigenvalue weighted by molar-refractivity contribution is 5.46. The Hall–Kier alpha value is -2.11. The van der Waals surface area contributed by atoms with Gasteiger partial charge >= 0.3 is 0 Å². The van der Waals surface area contributed by atoms with Crippen molar-refractivity contribution in [3.63, 3.8) is 0 Å². The van der Waals surface area contributed by atoms with Crippen LogP contribution >= 0.6 is 0 Å². The molecule has 102 valence electrons. The second-order valence-electron chi connectivity index (χ2n) is 4.53. The van der Waals surface area contributed by atoms with E-state index in [1.165, 1.54) is 0 Å². The zero-order chi connectivity index (χ0) is 13.7. The molecular weight excluding hydrogens is 240 g/mol. The molecule has 1 atom stereocenters. The van der Waals surface area contributed by atoms with Crippen LogP contribution in [0.4, 0.5) is 11.8 Å². The van der Waals surface area contributed by atoms with Crippen molar-refractivity contribution in [3.8, 4) is 0 Å². The number of anilines is 2. The lowest BCUT2D eigenvalue weighted by molar-refractivity contribution is 0.559. The van der Waals surface area contributed by atoms with Gasteiger partial charge in [0, 0.05) is 36.7 Å². The van der Waals surface area contributed by atoms with Crippen molar-refractivity contribution >= 4 is 11.8 Å². The standard InChI is InChI=1S/C13H20N6/c1-4-14-13-15-8-10(2)12(18-13)17-11(3)9-19-7-5-6-16-19/h5-8,11H,4,9H2,1-3H3,(H2,14,15,17,18). The molecule has 0 saturated carbocycles. The number of rotatable bonds is 6. The summed E-state index contributed by atoms with van der Waals surface area (Å²) in [4.78, 5) is 8.70. The first kappa shape index (κ1) is 13.3. The summed E-state index contributed by atoms with van der Waals surface area (Å²) in [6.45, 7) is 7.74. The zero-order valence-electron chi connectivity index (χ0n) is 11.6. The normalized spacial score (nSPS) is 12.2. The molecule has 0 aliphatic rings. The molecule has 0 aliphatic carbocycles. The highest BCUT2D eigenvalue weighted by Crippen LogP contribution is 2.14. The fourth-order valence-electron chi connectivity index (χ4n) is 1.80. The van der Waals surface area contributed by atoms with Crippen molar-refractivity contribution in [1.29, 1.82) is 0 Å². The van der Waals surface area contributed by atoms with Gasteiger partial charge in [0.1, 0.15) is 5.82 Å². The van der Waals surface area contributed by atoms with Crippen LogP contribution in [0.5, 0.6) is 0 Å². The van der Waals surface area contributed by atoms with Crippen molar-refractivity contribution < 1.29 is 0 Å². The Kier molecular flexibility index (Phi) is 4.33. The molecule has 2 rings (SSSR count). The minimum atomic E-state index is 0.239. The van der Waals surface area contributed by atoms with Crippen molar-refractivity contribution in [2.45, 2.75) is 33.4 Å². The Morgan fingerprint density at radius 3 is 2.95 bits per heavy atom. The molecule has 2 aromatic heterocycles. The summed E-state index contributed by atoms with van der Waals surface area (Å²) in [5.41, 5.74) is 1.04. The first-order valence-electron chi connectivity index (χ1n) is 6.50. The summed E-state index contributed by atoms with van der Waals surface area (Å²) in [6.07, 6.45) is 5.56. The van der Waals surface area contributed by atoms with E-state index in [0.29, 0.717) is 5.95 Å². The van der Waals surface area contributed by atoms with Crippen molar-refractivity contribution in [2.75, 3.05) is 17.2 Å². The van der Waals surface area contributed by atoms with Crippen molar-refractivity contribution in [1.82, 2.24) is 19.7 Å². The number of nitrogens with zero attached hydrogens (tertiary/aromatic N) is 4. The lowest BCUT2D eigenvalue weighted by atomic mass is 10.3.